The highest BCUT2D eigenvalue weighted by Crippen LogP contribution is 2.30. The highest BCUT2D eigenvalue weighted by molar-refractivity contribution is 7.91. The average Bonchev–Trinajstić information content (AvgIpc) is 2.73. The third-order valence-corrected chi connectivity index (χ3v) is 5.53. The largest absolute Gasteiger partial charge is 0.416 e. The Kier molecular flexibility index (Phi) is 8.42. The van der Waals surface area contributed by atoms with Gasteiger partial charge in [-0.25, -0.2) is 13.5 Å². The standard InChI is InChI=1S/C21H18F3N3O4S.ClH/c22-21(23,24)17-8-4-7-16(11-17)14-32(30,31)26-18-9-10-25-19(12-18)20(28)27(29)13-15-5-2-1-3-6-15;/h1-12,29H,13-14H2,(H,25,26);1H. The number of nitrogens with zero attached hydrogens (tertiary/aromatic N) is 2. The smallest absolute Gasteiger partial charge is 0.285 e. The van der Waals surface area contributed by atoms with Crippen molar-refractivity contribution in [2.75, 3.05) is 4.72 Å². The summed E-state index contributed by atoms with van der Waals surface area (Å²) in [6.45, 7) is -0.104. The quantitative estimate of drug-likeness (QED) is 0.367. The van der Waals surface area contributed by atoms with Crippen molar-refractivity contribution < 1.29 is 31.6 Å². The number of hydroxylamine groups is 2. The lowest BCUT2D eigenvalue weighted by molar-refractivity contribution is -0.137. The van der Waals surface area contributed by atoms with E-state index in [0.717, 1.165) is 24.3 Å². The van der Waals surface area contributed by atoms with Crippen molar-refractivity contribution in [1.82, 2.24) is 10.0 Å². The number of sulfonamides is 1. The summed E-state index contributed by atoms with van der Waals surface area (Å²) in [5.41, 5.74) is -0.585. The molecule has 0 saturated carbocycles. The van der Waals surface area contributed by atoms with Crippen molar-refractivity contribution in [3.05, 3.63) is 95.3 Å². The fourth-order valence-corrected chi connectivity index (χ4v) is 4.02. The first-order chi connectivity index (χ1) is 15.0. The SMILES string of the molecule is Cl.O=C(c1cc(NS(=O)(=O)Cc2cccc(C(F)(F)F)c2)ccn1)N(O)Cc1ccccc1. The predicted octanol–water partition coefficient (Wildman–Crippen LogP) is 4.50. The minimum Gasteiger partial charge on any atom is -0.285 e. The van der Waals surface area contributed by atoms with Crippen molar-refractivity contribution in [3.8, 4) is 0 Å². The molecule has 1 amide bonds. The minimum atomic E-state index is -4.59. The normalized spacial score (nSPS) is 11.4. The number of rotatable bonds is 7. The molecule has 0 aliphatic heterocycles. The number of aromatic nitrogens is 1. The first-order valence-electron chi connectivity index (χ1n) is 9.21. The molecule has 3 aromatic rings. The molecule has 2 aromatic carbocycles. The van der Waals surface area contributed by atoms with Crippen LogP contribution in [0.5, 0.6) is 0 Å². The second-order valence-corrected chi connectivity index (χ2v) is 8.56. The van der Waals surface area contributed by atoms with Gasteiger partial charge in [0.05, 0.1) is 23.5 Å². The van der Waals surface area contributed by atoms with Gasteiger partial charge in [-0.1, -0.05) is 48.5 Å². The van der Waals surface area contributed by atoms with E-state index in [1.807, 2.05) is 0 Å². The molecule has 0 fully saturated rings. The molecule has 12 heteroatoms. The molecule has 0 atom stereocenters. The van der Waals surface area contributed by atoms with Crippen LogP contribution >= 0.6 is 12.4 Å². The monoisotopic (exact) mass is 501 g/mol. The van der Waals surface area contributed by atoms with Gasteiger partial charge in [0.25, 0.3) is 5.91 Å². The molecule has 1 aromatic heterocycles. The first kappa shape index (κ1) is 26.1. The number of carbonyl (C=O) groups is 1. The number of nitrogens with one attached hydrogen (secondary N) is 1. The molecular formula is C21H19ClF3N3O4S. The number of halogens is 4. The topological polar surface area (TPSA) is 99.6 Å². The zero-order valence-electron chi connectivity index (χ0n) is 16.9. The maximum absolute atomic E-state index is 12.8. The van der Waals surface area contributed by atoms with Crippen LogP contribution in [0.25, 0.3) is 0 Å². The number of carbonyl (C=O) groups excluding carboxylic acids is 1. The Morgan fingerprint density at radius 2 is 1.67 bits per heavy atom. The van der Waals surface area contributed by atoms with Crippen LogP contribution in [0, 0.1) is 0 Å². The van der Waals surface area contributed by atoms with Crippen LogP contribution in [0.2, 0.25) is 0 Å². The Hall–Kier alpha value is -3.15. The van der Waals surface area contributed by atoms with Gasteiger partial charge >= 0.3 is 6.18 Å². The van der Waals surface area contributed by atoms with Gasteiger partial charge in [0.15, 0.2) is 0 Å². The molecule has 0 aliphatic rings. The third kappa shape index (κ3) is 7.45. The number of hydrogen-bond donors (Lipinski definition) is 2. The molecule has 33 heavy (non-hydrogen) atoms. The Labute approximate surface area is 194 Å². The van der Waals surface area contributed by atoms with Crippen LogP contribution in [-0.4, -0.2) is 29.6 Å². The maximum atomic E-state index is 12.8. The van der Waals surface area contributed by atoms with E-state index in [9.17, 15) is 31.6 Å². The molecule has 1 heterocycles. The lowest BCUT2D eigenvalue weighted by atomic mass is 10.1. The fourth-order valence-electron chi connectivity index (χ4n) is 2.84. The summed E-state index contributed by atoms with van der Waals surface area (Å²) in [6, 6.07) is 15.1. The molecule has 0 aliphatic carbocycles. The molecule has 0 saturated heterocycles. The van der Waals surface area contributed by atoms with Gasteiger partial charge in [-0.15, -0.1) is 12.4 Å². The fraction of sp³-hybridized carbons (Fsp3) is 0.143. The molecular weight excluding hydrogens is 483 g/mol. The summed E-state index contributed by atoms with van der Waals surface area (Å²) in [6.07, 6.45) is -3.42. The maximum Gasteiger partial charge on any atom is 0.416 e. The van der Waals surface area contributed by atoms with E-state index in [-0.39, 0.29) is 35.9 Å². The predicted molar refractivity (Wildman–Crippen MR) is 117 cm³/mol. The van der Waals surface area contributed by atoms with Gasteiger partial charge in [0.2, 0.25) is 10.0 Å². The number of hydrogen-bond acceptors (Lipinski definition) is 5. The summed E-state index contributed by atoms with van der Waals surface area (Å²) >= 11 is 0. The van der Waals surface area contributed by atoms with Crippen molar-refractivity contribution >= 4 is 34.0 Å². The highest BCUT2D eigenvalue weighted by Gasteiger charge is 2.30. The van der Waals surface area contributed by atoms with Crippen molar-refractivity contribution in [3.63, 3.8) is 0 Å². The zero-order valence-corrected chi connectivity index (χ0v) is 18.5. The molecule has 7 nitrogen and oxygen atoms in total. The van der Waals surface area contributed by atoms with Crippen LogP contribution in [0.1, 0.15) is 27.2 Å². The number of benzene rings is 2. The molecule has 2 N–H and O–H groups in total. The van der Waals surface area contributed by atoms with Crippen LogP contribution < -0.4 is 4.72 Å². The number of anilines is 1. The number of amides is 1. The van der Waals surface area contributed by atoms with Gasteiger partial charge in [-0.2, -0.15) is 13.2 Å². The Bertz CT molecular complexity index is 1210. The van der Waals surface area contributed by atoms with E-state index >= 15 is 0 Å². The summed E-state index contributed by atoms with van der Waals surface area (Å²) in [4.78, 5) is 16.3. The molecule has 0 spiro atoms. The summed E-state index contributed by atoms with van der Waals surface area (Å²) < 4.78 is 65.6. The van der Waals surface area contributed by atoms with Crippen LogP contribution in [0.3, 0.4) is 0 Å². The molecule has 176 valence electrons. The Morgan fingerprint density at radius 3 is 2.33 bits per heavy atom. The lowest BCUT2D eigenvalue weighted by Gasteiger charge is -2.15. The third-order valence-electron chi connectivity index (χ3n) is 4.27. The van der Waals surface area contributed by atoms with E-state index < -0.39 is 33.4 Å². The summed E-state index contributed by atoms with van der Waals surface area (Å²) in [7, 11) is -4.09. The van der Waals surface area contributed by atoms with E-state index in [1.165, 1.54) is 18.3 Å². The summed E-state index contributed by atoms with van der Waals surface area (Å²) in [5.74, 6) is -1.56. The number of pyridine rings is 1. The van der Waals surface area contributed by atoms with Crippen LogP contribution in [0.15, 0.2) is 72.9 Å². The average molecular weight is 502 g/mol. The molecule has 0 unspecified atom stereocenters. The van der Waals surface area contributed by atoms with Crippen molar-refractivity contribution in [2.24, 2.45) is 0 Å². The van der Waals surface area contributed by atoms with Crippen LogP contribution in [-0.2, 0) is 28.5 Å². The molecule has 0 radical (unpaired) electrons. The minimum absolute atomic E-state index is 0. The van der Waals surface area contributed by atoms with Crippen molar-refractivity contribution in [1.29, 1.82) is 0 Å². The second-order valence-electron chi connectivity index (χ2n) is 6.84. The van der Waals surface area contributed by atoms with E-state index in [2.05, 4.69) is 9.71 Å². The van der Waals surface area contributed by atoms with Gasteiger partial charge in [0.1, 0.15) is 5.69 Å². The Morgan fingerprint density at radius 1 is 1.00 bits per heavy atom. The molecule has 3 rings (SSSR count). The van der Waals surface area contributed by atoms with E-state index in [0.29, 0.717) is 10.6 Å². The van der Waals surface area contributed by atoms with E-state index in [4.69, 9.17) is 0 Å². The number of alkyl halides is 3. The van der Waals surface area contributed by atoms with Crippen molar-refractivity contribution in [2.45, 2.75) is 18.5 Å². The van der Waals surface area contributed by atoms with Gasteiger partial charge in [-0.3, -0.25) is 19.7 Å². The van der Waals surface area contributed by atoms with E-state index in [1.54, 1.807) is 30.3 Å². The Balaban J connectivity index is 0.00000385. The van der Waals surface area contributed by atoms with Gasteiger partial charge < -0.3 is 0 Å². The molecule has 0 bridgehead atoms. The van der Waals surface area contributed by atoms with Crippen LogP contribution in [0.4, 0.5) is 18.9 Å². The van der Waals surface area contributed by atoms with Gasteiger partial charge in [-0.05, 0) is 29.3 Å². The second kappa shape index (κ2) is 10.6. The lowest BCUT2D eigenvalue weighted by Crippen LogP contribution is -2.27. The highest BCUT2D eigenvalue weighted by atomic mass is 35.5. The zero-order chi connectivity index (χ0) is 23.4. The van der Waals surface area contributed by atoms with Gasteiger partial charge in [0, 0.05) is 6.20 Å². The summed E-state index contributed by atoms with van der Waals surface area (Å²) in [5, 5.41) is 10.5. The first-order valence-corrected chi connectivity index (χ1v) is 10.9.